The smallest absolute Gasteiger partial charge is 0.339 e. The molecule has 1 amide bonds. The van der Waals surface area contributed by atoms with Gasteiger partial charge in [-0.15, -0.1) is 0 Å². The number of anilines is 1. The summed E-state index contributed by atoms with van der Waals surface area (Å²) in [6, 6.07) is 7.00. The van der Waals surface area contributed by atoms with Gasteiger partial charge in [0.1, 0.15) is 0 Å². The van der Waals surface area contributed by atoms with E-state index in [1.54, 1.807) is 23.1 Å². The summed E-state index contributed by atoms with van der Waals surface area (Å²) in [4.78, 5) is 27.2. The largest absolute Gasteiger partial charge is 0.465 e. The van der Waals surface area contributed by atoms with Gasteiger partial charge in [0.05, 0.1) is 38.2 Å². The molecule has 2 unspecified atom stereocenters. The Kier molecular flexibility index (Phi) is 8.75. The second kappa shape index (κ2) is 11.0. The molecule has 1 fully saturated rings. The van der Waals surface area contributed by atoms with Gasteiger partial charge < -0.3 is 19.1 Å². The highest BCUT2D eigenvalue weighted by Gasteiger charge is 2.33. The van der Waals surface area contributed by atoms with Gasteiger partial charge in [-0.25, -0.2) is 4.79 Å². The van der Waals surface area contributed by atoms with E-state index in [-0.39, 0.29) is 18.6 Å². The first-order chi connectivity index (χ1) is 13.1. The molecule has 1 aromatic rings. The third-order valence-electron chi connectivity index (χ3n) is 4.81. The predicted octanol–water partition coefficient (Wildman–Crippen LogP) is 3.58. The molecule has 6 heteroatoms. The fraction of sp³-hybridized carbons (Fsp3) is 0.619. The average Bonchev–Trinajstić information content (AvgIpc) is 2.71. The first-order valence-electron chi connectivity index (χ1n) is 9.79. The van der Waals surface area contributed by atoms with Crippen molar-refractivity contribution in [3.63, 3.8) is 0 Å². The quantitative estimate of drug-likeness (QED) is 0.486. The monoisotopic (exact) mass is 377 g/mol. The van der Waals surface area contributed by atoms with Crippen molar-refractivity contribution in [2.45, 2.75) is 58.1 Å². The lowest BCUT2D eigenvalue weighted by atomic mass is 10.0. The van der Waals surface area contributed by atoms with Crippen LogP contribution in [-0.4, -0.2) is 51.0 Å². The van der Waals surface area contributed by atoms with Crippen LogP contribution in [0, 0.1) is 0 Å². The lowest BCUT2D eigenvalue weighted by molar-refractivity contribution is -0.145. The highest BCUT2D eigenvalue weighted by atomic mass is 16.6. The van der Waals surface area contributed by atoms with Crippen LogP contribution in [0.5, 0.6) is 0 Å². The molecule has 1 heterocycles. The molecule has 0 radical (unpaired) electrons. The zero-order valence-electron chi connectivity index (χ0n) is 16.6. The highest BCUT2D eigenvalue weighted by molar-refractivity contribution is 6.04. The number of esters is 1. The molecule has 6 nitrogen and oxygen atoms in total. The summed E-state index contributed by atoms with van der Waals surface area (Å²) in [5, 5.41) is 0. The molecule has 1 aromatic carbocycles. The Hall–Kier alpha value is -1.92. The summed E-state index contributed by atoms with van der Waals surface area (Å²) in [7, 11) is 1.34. The molecule has 2 rings (SSSR count). The highest BCUT2D eigenvalue weighted by Crippen LogP contribution is 2.27. The molecule has 0 aliphatic carbocycles. The maximum Gasteiger partial charge on any atom is 0.339 e. The first-order valence-corrected chi connectivity index (χ1v) is 9.79. The number of benzene rings is 1. The zero-order valence-corrected chi connectivity index (χ0v) is 16.6. The van der Waals surface area contributed by atoms with Gasteiger partial charge in [0.25, 0.3) is 5.91 Å². The van der Waals surface area contributed by atoms with Crippen LogP contribution < -0.4 is 4.90 Å². The minimum absolute atomic E-state index is 0.0642. The number of ether oxygens (including phenoxy) is 3. The summed E-state index contributed by atoms with van der Waals surface area (Å²) >= 11 is 0. The van der Waals surface area contributed by atoms with Crippen LogP contribution in [0.2, 0.25) is 0 Å². The normalized spacial score (nSPS) is 18.0. The van der Waals surface area contributed by atoms with E-state index in [1.165, 1.54) is 13.5 Å². The minimum atomic E-state index is -0.650. The van der Waals surface area contributed by atoms with Crippen molar-refractivity contribution < 1.29 is 23.8 Å². The summed E-state index contributed by atoms with van der Waals surface area (Å²) < 4.78 is 16.0. The van der Waals surface area contributed by atoms with Crippen molar-refractivity contribution in [3.8, 4) is 0 Å². The summed E-state index contributed by atoms with van der Waals surface area (Å²) in [5.74, 6) is -0.628. The standard InChI is InChI=1S/C21H31NO5/c1-4-5-6-7-10-16(2)22(20(23)19-15-26-13-14-27-19)18-12-9-8-11-17(18)21(24)25-3/h8-9,11-12,16,19H,4-7,10,13-15H2,1-3H3. The Labute approximate surface area is 161 Å². The number of rotatable bonds is 9. The number of methoxy groups -OCH3 is 1. The number of para-hydroxylation sites is 1. The minimum Gasteiger partial charge on any atom is -0.465 e. The van der Waals surface area contributed by atoms with Gasteiger partial charge in [0, 0.05) is 6.04 Å². The second-order valence-corrected chi connectivity index (χ2v) is 6.85. The number of carbonyl (C=O) groups excluding carboxylic acids is 2. The van der Waals surface area contributed by atoms with Crippen LogP contribution in [0.3, 0.4) is 0 Å². The molecule has 0 aromatic heterocycles. The van der Waals surface area contributed by atoms with Crippen LogP contribution in [0.15, 0.2) is 24.3 Å². The molecule has 0 bridgehead atoms. The fourth-order valence-electron chi connectivity index (χ4n) is 3.32. The van der Waals surface area contributed by atoms with Gasteiger partial charge in [-0.1, -0.05) is 44.7 Å². The maximum atomic E-state index is 13.3. The number of hydrogen-bond acceptors (Lipinski definition) is 5. The van der Waals surface area contributed by atoms with E-state index in [2.05, 4.69) is 6.92 Å². The molecule has 0 N–H and O–H groups in total. The molecule has 1 aliphatic rings. The van der Waals surface area contributed by atoms with Crippen molar-refractivity contribution in [2.75, 3.05) is 31.8 Å². The van der Waals surface area contributed by atoms with Gasteiger partial charge in [0.2, 0.25) is 0 Å². The van der Waals surface area contributed by atoms with E-state index in [4.69, 9.17) is 14.2 Å². The van der Waals surface area contributed by atoms with Crippen molar-refractivity contribution in [1.82, 2.24) is 0 Å². The predicted molar refractivity (Wildman–Crippen MR) is 104 cm³/mol. The van der Waals surface area contributed by atoms with E-state index in [0.29, 0.717) is 24.5 Å². The van der Waals surface area contributed by atoms with Crippen LogP contribution in [0.4, 0.5) is 5.69 Å². The van der Waals surface area contributed by atoms with Crippen molar-refractivity contribution in [3.05, 3.63) is 29.8 Å². The molecule has 27 heavy (non-hydrogen) atoms. The first kappa shape index (κ1) is 21.4. The van der Waals surface area contributed by atoms with Crippen LogP contribution in [-0.2, 0) is 19.0 Å². The zero-order chi connectivity index (χ0) is 19.6. The molecule has 1 aliphatic heterocycles. The Morgan fingerprint density at radius 2 is 2.00 bits per heavy atom. The third-order valence-corrected chi connectivity index (χ3v) is 4.81. The van der Waals surface area contributed by atoms with Gasteiger partial charge in [-0.05, 0) is 25.5 Å². The molecular weight excluding hydrogens is 346 g/mol. The van der Waals surface area contributed by atoms with Gasteiger partial charge in [0.15, 0.2) is 6.10 Å². The molecule has 150 valence electrons. The van der Waals surface area contributed by atoms with Crippen molar-refractivity contribution in [1.29, 1.82) is 0 Å². The fourth-order valence-corrected chi connectivity index (χ4v) is 3.32. The molecule has 0 saturated carbocycles. The SMILES string of the molecule is CCCCCCC(C)N(C(=O)C1COCCO1)c1ccccc1C(=O)OC. The number of hydrogen-bond donors (Lipinski definition) is 0. The number of nitrogens with zero attached hydrogens (tertiary/aromatic N) is 1. The molecule has 0 spiro atoms. The molecular formula is C21H31NO5. The van der Waals surface area contributed by atoms with Gasteiger partial charge in [-0.2, -0.15) is 0 Å². The van der Waals surface area contributed by atoms with Crippen molar-refractivity contribution in [2.24, 2.45) is 0 Å². The average molecular weight is 377 g/mol. The lowest BCUT2D eigenvalue weighted by Gasteiger charge is -2.34. The van der Waals surface area contributed by atoms with E-state index in [0.717, 1.165) is 25.7 Å². The van der Waals surface area contributed by atoms with Crippen LogP contribution >= 0.6 is 0 Å². The van der Waals surface area contributed by atoms with E-state index >= 15 is 0 Å². The van der Waals surface area contributed by atoms with Gasteiger partial charge >= 0.3 is 5.97 Å². The summed E-state index contributed by atoms with van der Waals surface area (Å²) in [6.45, 7) is 5.31. The van der Waals surface area contributed by atoms with E-state index in [9.17, 15) is 9.59 Å². The maximum absolute atomic E-state index is 13.3. The summed E-state index contributed by atoms with van der Waals surface area (Å²) in [6.07, 6.45) is 4.71. The Balaban J connectivity index is 2.29. The van der Waals surface area contributed by atoms with E-state index in [1.807, 2.05) is 13.0 Å². The summed E-state index contributed by atoms with van der Waals surface area (Å²) in [5.41, 5.74) is 0.942. The Morgan fingerprint density at radius 1 is 1.22 bits per heavy atom. The number of carbonyl (C=O) groups is 2. The second-order valence-electron chi connectivity index (χ2n) is 6.85. The Bertz CT molecular complexity index is 612. The topological polar surface area (TPSA) is 65.1 Å². The van der Waals surface area contributed by atoms with Crippen molar-refractivity contribution >= 4 is 17.6 Å². The third kappa shape index (κ3) is 5.78. The molecule has 1 saturated heterocycles. The number of unbranched alkanes of at least 4 members (excludes halogenated alkanes) is 3. The Morgan fingerprint density at radius 3 is 2.67 bits per heavy atom. The van der Waals surface area contributed by atoms with Crippen LogP contribution in [0.1, 0.15) is 56.3 Å². The number of amides is 1. The van der Waals surface area contributed by atoms with E-state index < -0.39 is 12.1 Å². The molecule has 2 atom stereocenters. The lowest BCUT2D eigenvalue weighted by Crippen LogP contribution is -2.49. The van der Waals surface area contributed by atoms with Gasteiger partial charge in [-0.3, -0.25) is 4.79 Å². The van der Waals surface area contributed by atoms with Crippen LogP contribution in [0.25, 0.3) is 0 Å².